The van der Waals surface area contributed by atoms with Crippen LogP contribution in [0.4, 0.5) is 0 Å². The SMILES string of the molecule is CNCc1cc(S(=O)(=O)N2CCOC(C)C2)ccc1OC. The van der Waals surface area contributed by atoms with Crippen molar-refractivity contribution in [3.8, 4) is 5.75 Å². The molecule has 1 N–H and O–H groups in total. The Hall–Kier alpha value is -1.15. The van der Waals surface area contributed by atoms with Crippen molar-refractivity contribution >= 4 is 10.0 Å². The molecule has 0 saturated carbocycles. The third-order valence-electron chi connectivity index (χ3n) is 3.46. The highest BCUT2D eigenvalue weighted by Crippen LogP contribution is 2.25. The van der Waals surface area contributed by atoms with Crippen LogP contribution in [0.3, 0.4) is 0 Å². The van der Waals surface area contributed by atoms with Gasteiger partial charge in [-0.05, 0) is 32.2 Å². The summed E-state index contributed by atoms with van der Waals surface area (Å²) in [6.45, 7) is 3.63. The molecule has 1 aromatic carbocycles. The van der Waals surface area contributed by atoms with Crippen LogP contribution >= 0.6 is 0 Å². The molecule has 1 aliphatic rings. The quantitative estimate of drug-likeness (QED) is 0.872. The van der Waals surface area contributed by atoms with Crippen LogP contribution in [0.1, 0.15) is 12.5 Å². The number of benzene rings is 1. The second kappa shape index (κ2) is 6.74. The first-order valence-corrected chi connectivity index (χ1v) is 8.36. The lowest BCUT2D eigenvalue weighted by molar-refractivity contribution is 0.0102. The molecule has 21 heavy (non-hydrogen) atoms. The van der Waals surface area contributed by atoms with Crippen molar-refractivity contribution in [3.05, 3.63) is 23.8 Å². The maximum absolute atomic E-state index is 12.7. The highest BCUT2D eigenvalue weighted by molar-refractivity contribution is 7.89. The van der Waals surface area contributed by atoms with Crippen molar-refractivity contribution in [2.24, 2.45) is 0 Å². The number of hydrogen-bond acceptors (Lipinski definition) is 5. The first-order valence-electron chi connectivity index (χ1n) is 6.92. The predicted molar refractivity (Wildman–Crippen MR) is 79.9 cm³/mol. The molecule has 1 unspecified atom stereocenters. The van der Waals surface area contributed by atoms with E-state index in [9.17, 15) is 8.42 Å². The maximum atomic E-state index is 12.7. The molecule has 0 bridgehead atoms. The highest BCUT2D eigenvalue weighted by Gasteiger charge is 2.29. The summed E-state index contributed by atoms with van der Waals surface area (Å²) in [4.78, 5) is 0.294. The third-order valence-corrected chi connectivity index (χ3v) is 5.32. The monoisotopic (exact) mass is 314 g/mol. The average molecular weight is 314 g/mol. The Morgan fingerprint density at radius 3 is 2.86 bits per heavy atom. The lowest BCUT2D eigenvalue weighted by Gasteiger charge is -2.30. The second-order valence-corrected chi connectivity index (χ2v) is 6.99. The van der Waals surface area contributed by atoms with Crippen molar-refractivity contribution in [2.75, 3.05) is 33.9 Å². The van der Waals surface area contributed by atoms with Crippen LogP contribution in [0.25, 0.3) is 0 Å². The summed E-state index contributed by atoms with van der Waals surface area (Å²) in [5.41, 5.74) is 0.822. The van der Waals surface area contributed by atoms with Crippen LogP contribution in [-0.2, 0) is 21.3 Å². The Morgan fingerprint density at radius 2 is 2.24 bits per heavy atom. The topological polar surface area (TPSA) is 67.9 Å². The normalized spacial score (nSPS) is 20.4. The fourth-order valence-corrected chi connectivity index (χ4v) is 3.95. The Labute approximate surface area is 126 Å². The van der Waals surface area contributed by atoms with E-state index in [1.165, 1.54) is 4.31 Å². The summed E-state index contributed by atoms with van der Waals surface area (Å²) in [7, 11) is -0.105. The molecule has 0 aromatic heterocycles. The molecule has 1 saturated heterocycles. The lowest BCUT2D eigenvalue weighted by atomic mass is 10.2. The number of sulfonamides is 1. The van der Waals surface area contributed by atoms with E-state index in [1.54, 1.807) is 25.3 Å². The van der Waals surface area contributed by atoms with Crippen molar-refractivity contribution in [2.45, 2.75) is 24.5 Å². The fraction of sp³-hybridized carbons (Fsp3) is 0.571. The molecule has 1 aromatic rings. The molecule has 0 aliphatic carbocycles. The van der Waals surface area contributed by atoms with Gasteiger partial charge in [0.1, 0.15) is 5.75 Å². The van der Waals surface area contributed by atoms with Crippen molar-refractivity contribution in [1.82, 2.24) is 9.62 Å². The minimum absolute atomic E-state index is 0.0800. The van der Waals surface area contributed by atoms with Gasteiger partial charge in [-0.15, -0.1) is 0 Å². The van der Waals surface area contributed by atoms with Crippen molar-refractivity contribution in [3.63, 3.8) is 0 Å². The van der Waals surface area contributed by atoms with Gasteiger partial charge in [0, 0.05) is 25.2 Å². The van der Waals surface area contributed by atoms with Gasteiger partial charge in [-0.3, -0.25) is 0 Å². The Morgan fingerprint density at radius 1 is 1.48 bits per heavy atom. The van der Waals surface area contributed by atoms with Crippen LogP contribution in [0, 0.1) is 0 Å². The summed E-state index contributed by atoms with van der Waals surface area (Å²) in [5, 5.41) is 3.02. The Kier molecular flexibility index (Phi) is 5.21. The number of nitrogens with one attached hydrogen (secondary N) is 1. The van der Waals surface area contributed by atoms with E-state index in [1.807, 2.05) is 14.0 Å². The summed E-state index contributed by atoms with van der Waals surface area (Å²) in [6, 6.07) is 4.96. The number of ether oxygens (including phenoxy) is 2. The first kappa shape index (κ1) is 16.2. The predicted octanol–water partition coefficient (Wildman–Crippen LogP) is 0.824. The molecule has 7 heteroatoms. The van der Waals surface area contributed by atoms with Gasteiger partial charge in [0.05, 0.1) is 24.7 Å². The van der Waals surface area contributed by atoms with Gasteiger partial charge in [-0.1, -0.05) is 0 Å². The van der Waals surface area contributed by atoms with Gasteiger partial charge in [-0.25, -0.2) is 8.42 Å². The molecule has 1 aliphatic heterocycles. The molecule has 2 rings (SSSR count). The number of rotatable bonds is 5. The van der Waals surface area contributed by atoms with Gasteiger partial charge < -0.3 is 14.8 Å². The van der Waals surface area contributed by atoms with Crippen LogP contribution in [0.15, 0.2) is 23.1 Å². The molecular weight excluding hydrogens is 292 g/mol. The molecule has 1 fully saturated rings. The molecule has 6 nitrogen and oxygen atoms in total. The zero-order chi connectivity index (χ0) is 15.5. The van der Waals surface area contributed by atoms with Crippen LogP contribution in [0.2, 0.25) is 0 Å². The van der Waals surface area contributed by atoms with E-state index < -0.39 is 10.0 Å². The van der Waals surface area contributed by atoms with Gasteiger partial charge >= 0.3 is 0 Å². The number of methoxy groups -OCH3 is 1. The van der Waals surface area contributed by atoms with E-state index in [2.05, 4.69) is 5.32 Å². The standard InChI is InChI=1S/C14H22N2O4S/c1-11-10-16(6-7-20-11)21(17,18)13-4-5-14(19-3)12(8-13)9-15-2/h4-5,8,11,15H,6-7,9-10H2,1-3H3. The Balaban J connectivity index is 2.33. The van der Waals surface area contributed by atoms with Crippen LogP contribution < -0.4 is 10.1 Å². The molecule has 118 valence electrons. The Bertz CT molecular complexity index is 589. The van der Waals surface area contributed by atoms with E-state index in [4.69, 9.17) is 9.47 Å². The van der Waals surface area contributed by atoms with Gasteiger partial charge in [-0.2, -0.15) is 4.31 Å². The molecular formula is C14H22N2O4S. The molecule has 0 amide bonds. The molecule has 1 heterocycles. The summed E-state index contributed by atoms with van der Waals surface area (Å²) in [5.74, 6) is 0.679. The van der Waals surface area contributed by atoms with Crippen molar-refractivity contribution < 1.29 is 17.9 Å². The van der Waals surface area contributed by atoms with E-state index >= 15 is 0 Å². The van der Waals surface area contributed by atoms with Crippen LogP contribution in [0.5, 0.6) is 5.75 Å². The summed E-state index contributed by atoms with van der Waals surface area (Å²) < 4.78 is 37.5. The summed E-state index contributed by atoms with van der Waals surface area (Å²) >= 11 is 0. The molecule has 1 atom stereocenters. The summed E-state index contributed by atoms with van der Waals surface area (Å²) in [6.07, 6.45) is -0.0800. The minimum Gasteiger partial charge on any atom is -0.496 e. The van der Waals surface area contributed by atoms with Gasteiger partial charge in [0.15, 0.2) is 0 Å². The van der Waals surface area contributed by atoms with Gasteiger partial charge in [0.2, 0.25) is 10.0 Å². The highest BCUT2D eigenvalue weighted by atomic mass is 32.2. The third kappa shape index (κ3) is 3.55. The van der Waals surface area contributed by atoms with E-state index in [0.717, 1.165) is 5.56 Å². The number of morpholine rings is 1. The zero-order valence-corrected chi connectivity index (χ0v) is 13.4. The van der Waals surface area contributed by atoms with E-state index in [0.29, 0.717) is 36.9 Å². The molecule has 0 radical (unpaired) electrons. The van der Waals surface area contributed by atoms with E-state index in [-0.39, 0.29) is 6.10 Å². The minimum atomic E-state index is -3.49. The molecule has 0 spiro atoms. The van der Waals surface area contributed by atoms with Crippen LogP contribution in [-0.4, -0.2) is 52.7 Å². The number of nitrogens with zero attached hydrogens (tertiary/aromatic N) is 1. The smallest absolute Gasteiger partial charge is 0.243 e. The maximum Gasteiger partial charge on any atom is 0.243 e. The fourth-order valence-electron chi connectivity index (χ4n) is 2.40. The largest absolute Gasteiger partial charge is 0.496 e. The lowest BCUT2D eigenvalue weighted by Crippen LogP contribution is -2.44. The number of hydrogen-bond donors (Lipinski definition) is 1. The second-order valence-electron chi connectivity index (χ2n) is 5.05. The average Bonchev–Trinajstić information content (AvgIpc) is 2.47. The van der Waals surface area contributed by atoms with Crippen molar-refractivity contribution in [1.29, 1.82) is 0 Å². The first-order chi connectivity index (χ1) is 9.98. The zero-order valence-electron chi connectivity index (χ0n) is 12.6. The van der Waals surface area contributed by atoms with Gasteiger partial charge in [0.25, 0.3) is 0 Å².